The molecule has 1 aromatic carbocycles. The first kappa shape index (κ1) is 17.1. The van der Waals surface area contributed by atoms with Crippen LogP contribution in [0.25, 0.3) is 6.08 Å². The van der Waals surface area contributed by atoms with Crippen molar-refractivity contribution in [1.29, 1.82) is 0 Å². The number of nitrogens with one attached hydrogen (secondary N) is 1. The zero-order valence-corrected chi connectivity index (χ0v) is 13.0. The molecule has 1 aliphatic heterocycles. The summed E-state index contributed by atoms with van der Waals surface area (Å²) in [4.78, 5) is 23.4. The highest BCUT2D eigenvalue weighted by Crippen LogP contribution is 2.28. The lowest BCUT2D eigenvalue weighted by molar-refractivity contribution is -0.143. The molecule has 0 bridgehead atoms. The van der Waals surface area contributed by atoms with E-state index < -0.39 is 17.9 Å². The average Bonchev–Trinajstić information content (AvgIpc) is 2.53. The van der Waals surface area contributed by atoms with Crippen LogP contribution in [0.1, 0.15) is 5.56 Å². The number of ether oxygens (including phenoxy) is 2. The van der Waals surface area contributed by atoms with Gasteiger partial charge < -0.3 is 19.9 Å². The quantitative estimate of drug-likeness (QED) is 0.586. The van der Waals surface area contributed by atoms with E-state index in [1.165, 1.54) is 6.08 Å². The van der Waals surface area contributed by atoms with Gasteiger partial charge in [-0.05, 0) is 24.3 Å². The Labute approximate surface area is 138 Å². The van der Waals surface area contributed by atoms with E-state index in [0.29, 0.717) is 21.9 Å². The zero-order valence-electron chi connectivity index (χ0n) is 12.3. The van der Waals surface area contributed by atoms with Gasteiger partial charge in [0.2, 0.25) is 0 Å². The third-order valence-electron chi connectivity index (χ3n) is 3.10. The molecule has 6 nitrogen and oxygen atoms in total. The number of halogens is 1. The molecule has 1 atom stereocenters. The summed E-state index contributed by atoms with van der Waals surface area (Å²) in [6.07, 6.45) is 3.13. The topological polar surface area (TPSA) is 84.9 Å². The third-order valence-corrected chi connectivity index (χ3v) is 3.34. The monoisotopic (exact) mass is 337 g/mol. The molecule has 0 fully saturated rings. The van der Waals surface area contributed by atoms with Crippen LogP contribution in [0.15, 0.2) is 36.4 Å². The summed E-state index contributed by atoms with van der Waals surface area (Å²) in [6.45, 7) is 3.58. The highest BCUT2D eigenvalue weighted by atomic mass is 35.5. The van der Waals surface area contributed by atoms with Gasteiger partial charge in [0.25, 0.3) is 5.91 Å². The third kappa shape index (κ3) is 4.58. The average molecular weight is 338 g/mol. The van der Waals surface area contributed by atoms with Crippen LogP contribution in [-0.4, -0.2) is 42.8 Å². The van der Waals surface area contributed by atoms with Crippen LogP contribution in [0.2, 0.25) is 5.02 Å². The molecule has 0 radical (unpaired) electrons. The second kappa shape index (κ2) is 7.80. The maximum atomic E-state index is 12.2. The van der Waals surface area contributed by atoms with Crippen LogP contribution in [0, 0.1) is 0 Å². The fourth-order valence-corrected chi connectivity index (χ4v) is 2.15. The van der Waals surface area contributed by atoms with E-state index in [4.69, 9.17) is 26.2 Å². The molecule has 122 valence electrons. The van der Waals surface area contributed by atoms with E-state index in [2.05, 4.69) is 11.9 Å². The lowest BCUT2D eigenvalue weighted by Crippen LogP contribution is -2.45. The van der Waals surface area contributed by atoms with Crippen molar-refractivity contribution in [3.63, 3.8) is 0 Å². The van der Waals surface area contributed by atoms with Crippen molar-refractivity contribution in [1.82, 2.24) is 5.32 Å². The second-order valence-electron chi connectivity index (χ2n) is 4.83. The van der Waals surface area contributed by atoms with E-state index in [0.717, 1.165) is 0 Å². The molecule has 23 heavy (non-hydrogen) atoms. The Hall–Kier alpha value is -2.31. The van der Waals surface area contributed by atoms with Gasteiger partial charge in [0.05, 0.1) is 18.8 Å². The van der Waals surface area contributed by atoms with Crippen molar-refractivity contribution in [2.45, 2.75) is 6.04 Å². The number of carbonyl (C=O) groups is 2. The molecule has 1 aliphatic rings. The van der Waals surface area contributed by atoms with Crippen LogP contribution < -0.4 is 10.1 Å². The maximum absolute atomic E-state index is 12.2. The van der Waals surface area contributed by atoms with Gasteiger partial charge >= 0.3 is 5.97 Å². The van der Waals surface area contributed by atoms with Crippen LogP contribution >= 0.6 is 11.6 Å². The maximum Gasteiger partial charge on any atom is 0.328 e. The Morgan fingerprint density at radius 3 is 3.00 bits per heavy atom. The molecule has 0 aliphatic carbocycles. The van der Waals surface area contributed by atoms with E-state index in [-0.39, 0.29) is 19.8 Å². The molecule has 7 heteroatoms. The van der Waals surface area contributed by atoms with Crippen molar-refractivity contribution >= 4 is 29.6 Å². The Kier molecular flexibility index (Phi) is 5.78. The van der Waals surface area contributed by atoms with Crippen molar-refractivity contribution in [2.24, 2.45) is 0 Å². The highest BCUT2D eigenvalue weighted by Gasteiger charge is 2.24. The fraction of sp³-hybridized carbons (Fsp3) is 0.250. The number of carbonyl (C=O) groups excluding carboxylic acids is 1. The van der Waals surface area contributed by atoms with E-state index in [1.807, 2.05) is 0 Å². The fourth-order valence-electron chi connectivity index (χ4n) is 1.97. The van der Waals surface area contributed by atoms with Gasteiger partial charge in [-0.3, -0.25) is 4.79 Å². The summed E-state index contributed by atoms with van der Waals surface area (Å²) in [5.74, 6) is -1.08. The molecular weight excluding hydrogens is 322 g/mol. The largest absolute Gasteiger partial charge is 0.488 e. The standard InChI is InChI=1S/C16H16ClNO5/c1-2-5-22-9-13(16(20)21)18-15(19)11-6-10-7-12(17)3-4-14(10)23-8-11/h2-4,6-7,13H,1,5,8-9H2,(H,18,19)(H,20,21). The van der Waals surface area contributed by atoms with Crippen LogP contribution in [-0.2, 0) is 14.3 Å². The highest BCUT2D eigenvalue weighted by molar-refractivity contribution is 6.30. The number of rotatable bonds is 7. The minimum atomic E-state index is -1.18. The van der Waals surface area contributed by atoms with Crippen LogP contribution in [0.5, 0.6) is 5.75 Å². The smallest absolute Gasteiger partial charge is 0.328 e. The molecule has 1 unspecified atom stereocenters. The molecule has 1 aromatic rings. The molecule has 1 amide bonds. The first-order valence-corrected chi connectivity index (χ1v) is 7.24. The van der Waals surface area contributed by atoms with Crippen molar-refractivity contribution < 1.29 is 24.2 Å². The number of hydrogen-bond donors (Lipinski definition) is 2. The molecule has 0 saturated heterocycles. The number of carboxylic acids is 1. The Morgan fingerprint density at radius 2 is 2.30 bits per heavy atom. The number of fused-ring (bicyclic) bond motifs is 1. The Balaban J connectivity index is 2.07. The predicted molar refractivity (Wildman–Crippen MR) is 85.5 cm³/mol. The molecule has 0 saturated carbocycles. The number of benzene rings is 1. The van der Waals surface area contributed by atoms with Crippen LogP contribution in [0.4, 0.5) is 0 Å². The van der Waals surface area contributed by atoms with Gasteiger partial charge in [-0.2, -0.15) is 0 Å². The number of hydrogen-bond acceptors (Lipinski definition) is 4. The summed E-state index contributed by atoms with van der Waals surface area (Å²) >= 11 is 5.91. The minimum Gasteiger partial charge on any atom is -0.488 e. The molecule has 2 N–H and O–H groups in total. The summed E-state index contributed by atoms with van der Waals surface area (Å²) in [7, 11) is 0. The summed E-state index contributed by atoms with van der Waals surface area (Å²) in [5, 5.41) is 12.1. The first-order valence-electron chi connectivity index (χ1n) is 6.86. The molecule has 0 aromatic heterocycles. The lowest BCUT2D eigenvalue weighted by atomic mass is 10.1. The number of carboxylic acid groups (broad SMARTS) is 1. The molecular formula is C16H16ClNO5. The van der Waals surface area contributed by atoms with Gasteiger partial charge in [-0.25, -0.2) is 4.79 Å². The van der Waals surface area contributed by atoms with Crippen LogP contribution in [0.3, 0.4) is 0 Å². The number of aliphatic carboxylic acids is 1. The first-order chi connectivity index (χ1) is 11.0. The predicted octanol–water partition coefficient (Wildman–Crippen LogP) is 1.89. The molecule has 2 rings (SSSR count). The minimum absolute atomic E-state index is 0.0559. The van der Waals surface area contributed by atoms with Gasteiger partial charge in [-0.1, -0.05) is 17.7 Å². The molecule has 0 spiro atoms. The van der Waals surface area contributed by atoms with Crippen molar-refractivity contribution in [2.75, 3.05) is 19.8 Å². The Morgan fingerprint density at radius 1 is 1.52 bits per heavy atom. The zero-order chi connectivity index (χ0) is 16.8. The Bertz CT molecular complexity index is 656. The second-order valence-corrected chi connectivity index (χ2v) is 5.27. The van der Waals surface area contributed by atoms with Crippen molar-refractivity contribution in [3.05, 3.63) is 47.0 Å². The van der Waals surface area contributed by atoms with Crippen molar-refractivity contribution in [3.8, 4) is 5.75 Å². The van der Waals surface area contributed by atoms with Gasteiger partial charge in [0.15, 0.2) is 6.04 Å². The normalized spacial score (nSPS) is 14.0. The van der Waals surface area contributed by atoms with E-state index in [9.17, 15) is 9.59 Å². The van der Waals surface area contributed by atoms with Gasteiger partial charge in [0, 0.05) is 10.6 Å². The van der Waals surface area contributed by atoms with E-state index >= 15 is 0 Å². The summed E-state index contributed by atoms with van der Waals surface area (Å²) in [6, 6.07) is 3.93. The summed E-state index contributed by atoms with van der Waals surface area (Å²) < 4.78 is 10.6. The lowest BCUT2D eigenvalue weighted by Gasteiger charge is -2.20. The van der Waals surface area contributed by atoms with Gasteiger partial charge in [-0.15, -0.1) is 6.58 Å². The summed E-state index contributed by atoms with van der Waals surface area (Å²) in [5.41, 5.74) is 0.985. The molecule has 1 heterocycles. The SMILES string of the molecule is C=CCOCC(NC(=O)C1=Cc2cc(Cl)ccc2OC1)C(=O)O. The van der Waals surface area contributed by atoms with Gasteiger partial charge in [0.1, 0.15) is 12.4 Å². The van der Waals surface area contributed by atoms with E-state index in [1.54, 1.807) is 24.3 Å². The number of amides is 1.